The fraction of sp³-hybridized carbons (Fsp3) is 0.417. The molecule has 200 valence electrons. The molecule has 0 spiro atoms. The smallest absolute Gasteiger partial charge is 0.263 e. The lowest BCUT2D eigenvalue weighted by Gasteiger charge is -2.36. The first-order chi connectivity index (χ1) is 17.0. The highest BCUT2D eigenvalue weighted by atomic mass is 35.5. The number of aliphatic hydroxyl groups is 1. The monoisotopic (exact) mass is 570 g/mol. The Balaban J connectivity index is 0.00000190. The number of hydrogen-bond donors (Lipinski definition) is 3. The lowest BCUT2D eigenvalue weighted by molar-refractivity contribution is -0.118. The molecule has 2 aliphatic rings. The van der Waals surface area contributed by atoms with Crippen molar-refractivity contribution in [1.29, 1.82) is 0 Å². The second-order valence-electron chi connectivity index (χ2n) is 8.69. The number of rotatable bonds is 7. The number of anilines is 1. The highest BCUT2D eigenvalue weighted by Crippen LogP contribution is 2.27. The molecule has 0 radical (unpaired) electrons. The van der Waals surface area contributed by atoms with Gasteiger partial charge in [0.05, 0.1) is 35.0 Å². The van der Waals surface area contributed by atoms with Gasteiger partial charge in [0.15, 0.2) is 18.2 Å². The zero-order valence-electron chi connectivity index (χ0n) is 20.1. The molecule has 2 atom stereocenters. The number of halogens is 3. The van der Waals surface area contributed by atoms with Crippen LogP contribution in [0.2, 0.25) is 5.02 Å². The van der Waals surface area contributed by atoms with Gasteiger partial charge in [-0.3, -0.25) is 9.78 Å². The summed E-state index contributed by atoms with van der Waals surface area (Å²) in [5.74, 6) is 1.31. The van der Waals surface area contributed by atoms with E-state index in [2.05, 4.69) is 30.5 Å². The maximum atomic E-state index is 11.5. The Kier molecular flexibility index (Phi) is 10.1. The van der Waals surface area contributed by atoms with Gasteiger partial charge in [0.2, 0.25) is 5.88 Å². The van der Waals surface area contributed by atoms with Gasteiger partial charge in [-0.05, 0) is 37.6 Å². The van der Waals surface area contributed by atoms with Crippen LogP contribution in [-0.4, -0.2) is 76.4 Å². The predicted octanol–water partition coefficient (Wildman–Crippen LogP) is 2.63. The summed E-state index contributed by atoms with van der Waals surface area (Å²) in [7, 11) is 1.58. The molecule has 5 rings (SSSR count). The molecule has 10 nitrogen and oxygen atoms in total. The van der Waals surface area contributed by atoms with Gasteiger partial charge < -0.3 is 30.1 Å². The van der Waals surface area contributed by atoms with Gasteiger partial charge in [0.1, 0.15) is 0 Å². The van der Waals surface area contributed by atoms with Crippen molar-refractivity contribution < 1.29 is 19.4 Å². The van der Waals surface area contributed by atoms with Crippen LogP contribution in [0.3, 0.4) is 0 Å². The largest absolute Gasteiger partial charge is 0.481 e. The number of aromatic nitrogens is 3. The van der Waals surface area contributed by atoms with Crippen LogP contribution in [0, 0.1) is 0 Å². The summed E-state index contributed by atoms with van der Waals surface area (Å²) in [6.07, 6.45) is 2.62. The Labute approximate surface area is 231 Å². The minimum absolute atomic E-state index is 0. The molecule has 0 saturated carbocycles. The number of piperidine rings is 1. The number of methoxy groups -OCH3 is 1. The fourth-order valence-electron chi connectivity index (χ4n) is 4.48. The number of ether oxygens (including phenoxy) is 2. The molecular formula is C24H29Cl3N6O4. The highest BCUT2D eigenvalue weighted by molar-refractivity contribution is 6.32. The number of likely N-dealkylation sites (tertiary alicyclic amines) is 1. The Morgan fingerprint density at radius 3 is 2.89 bits per heavy atom. The number of nitrogens with one attached hydrogen (secondary N) is 2. The molecule has 0 unspecified atom stereocenters. The summed E-state index contributed by atoms with van der Waals surface area (Å²) in [6, 6.07) is 7.27. The summed E-state index contributed by atoms with van der Waals surface area (Å²) < 4.78 is 10.6. The average molecular weight is 572 g/mol. The lowest BCUT2D eigenvalue weighted by Crippen LogP contribution is -2.52. The van der Waals surface area contributed by atoms with Crippen LogP contribution in [0.1, 0.15) is 17.7 Å². The van der Waals surface area contributed by atoms with Crippen LogP contribution in [0.15, 0.2) is 30.5 Å². The van der Waals surface area contributed by atoms with Crippen LogP contribution in [0.25, 0.3) is 11.0 Å². The van der Waals surface area contributed by atoms with Gasteiger partial charge in [0.25, 0.3) is 5.91 Å². The fourth-order valence-corrected chi connectivity index (χ4v) is 4.71. The molecule has 1 saturated heterocycles. The van der Waals surface area contributed by atoms with E-state index in [4.69, 9.17) is 21.1 Å². The van der Waals surface area contributed by atoms with Crippen molar-refractivity contribution in [2.75, 3.05) is 38.7 Å². The molecule has 5 heterocycles. The molecule has 13 heteroatoms. The molecular weight excluding hydrogens is 543 g/mol. The number of fused-ring (bicyclic) bond motifs is 2. The lowest BCUT2D eigenvalue weighted by atomic mass is 10.0. The van der Waals surface area contributed by atoms with Gasteiger partial charge in [0, 0.05) is 43.5 Å². The van der Waals surface area contributed by atoms with Crippen LogP contribution in [-0.2, 0) is 17.8 Å². The topological polar surface area (TPSA) is 122 Å². The maximum Gasteiger partial charge on any atom is 0.263 e. The number of nitrogens with zero attached hydrogens (tertiary/aromatic N) is 4. The summed E-state index contributed by atoms with van der Waals surface area (Å²) in [4.78, 5) is 27.1. The minimum Gasteiger partial charge on any atom is -0.481 e. The zero-order chi connectivity index (χ0) is 24.4. The second-order valence-corrected chi connectivity index (χ2v) is 9.09. The molecule has 1 amide bonds. The van der Waals surface area contributed by atoms with Gasteiger partial charge in [-0.25, -0.2) is 9.97 Å². The summed E-state index contributed by atoms with van der Waals surface area (Å²) in [5, 5.41) is 17.5. The molecule has 0 aliphatic carbocycles. The normalized spacial score (nSPS) is 19.2. The maximum absolute atomic E-state index is 11.5. The molecule has 3 aromatic heterocycles. The summed E-state index contributed by atoms with van der Waals surface area (Å²) >= 11 is 6.46. The number of β-amino-alcohol motifs (C(OH)–C–C–N with tert-alkyl or cyclic N) is 1. The second kappa shape index (κ2) is 12.9. The van der Waals surface area contributed by atoms with E-state index in [1.165, 1.54) is 0 Å². The molecule has 3 aromatic rings. The van der Waals surface area contributed by atoms with E-state index in [1.807, 2.05) is 12.1 Å². The van der Waals surface area contributed by atoms with Crippen LogP contribution in [0.4, 0.5) is 5.82 Å². The van der Waals surface area contributed by atoms with Gasteiger partial charge in [-0.15, -0.1) is 24.8 Å². The number of carbonyl (C=O) groups is 1. The first-order valence-corrected chi connectivity index (χ1v) is 11.9. The SMILES string of the molecule is COc1ccc2ncc(Cl)c(CCN3CC[C@H](NCc4ccc5c(n4)NC(=O)CO5)[C@H](O)C3)c2n1.Cl.Cl. The Morgan fingerprint density at radius 1 is 1.27 bits per heavy atom. The Hall–Kier alpha value is -2.47. The summed E-state index contributed by atoms with van der Waals surface area (Å²) in [5.41, 5.74) is 3.22. The van der Waals surface area contributed by atoms with E-state index >= 15 is 0 Å². The third-order valence-electron chi connectivity index (χ3n) is 6.37. The van der Waals surface area contributed by atoms with Crippen LogP contribution < -0.4 is 20.1 Å². The van der Waals surface area contributed by atoms with E-state index in [1.54, 1.807) is 25.4 Å². The first-order valence-electron chi connectivity index (χ1n) is 11.5. The van der Waals surface area contributed by atoms with Gasteiger partial charge >= 0.3 is 0 Å². The number of hydrogen-bond acceptors (Lipinski definition) is 9. The van der Waals surface area contributed by atoms with Gasteiger partial charge in [-0.2, -0.15) is 0 Å². The third kappa shape index (κ3) is 6.70. The van der Waals surface area contributed by atoms with Crippen molar-refractivity contribution in [3.8, 4) is 11.6 Å². The van der Waals surface area contributed by atoms with E-state index in [-0.39, 0.29) is 43.4 Å². The Bertz CT molecular complexity index is 1250. The summed E-state index contributed by atoms with van der Waals surface area (Å²) in [6.45, 7) is 2.63. The van der Waals surface area contributed by atoms with Crippen molar-refractivity contribution in [2.24, 2.45) is 0 Å². The standard InChI is InChI=1S/C24H27ClN6O4.2ClH/c1-34-22-5-3-18-23(30-22)15(16(25)11-27-18)6-8-31-9-7-17(19(32)12-31)26-10-14-2-4-20-24(28-14)29-21(33)13-35-20;;/h2-5,11,17,19,26,32H,6-10,12-13H2,1H3,(H,28,29,33);2*1H/t17-,19+;;/m0../s1. The van der Waals surface area contributed by atoms with Crippen molar-refractivity contribution in [1.82, 2.24) is 25.2 Å². The van der Waals surface area contributed by atoms with Crippen LogP contribution in [0.5, 0.6) is 11.6 Å². The minimum atomic E-state index is -0.521. The zero-order valence-corrected chi connectivity index (χ0v) is 22.5. The van der Waals surface area contributed by atoms with E-state index < -0.39 is 6.10 Å². The molecule has 1 fully saturated rings. The Morgan fingerprint density at radius 2 is 2.11 bits per heavy atom. The molecule has 3 N–H and O–H groups in total. The third-order valence-corrected chi connectivity index (χ3v) is 6.70. The highest BCUT2D eigenvalue weighted by Gasteiger charge is 2.28. The van der Waals surface area contributed by atoms with Crippen molar-refractivity contribution in [3.63, 3.8) is 0 Å². The number of aliphatic hydroxyl groups excluding tert-OH is 1. The first kappa shape index (κ1) is 29.1. The quantitative estimate of drug-likeness (QED) is 0.393. The predicted molar refractivity (Wildman–Crippen MR) is 145 cm³/mol. The molecule has 2 aliphatic heterocycles. The van der Waals surface area contributed by atoms with E-state index in [0.29, 0.717) is 42.0 Å². The molecule has 0 bridgehead atoms. The van der Waals surface area contributed by atoms with Gasteiger partial charge in [-0.1, -0.05) is 11.6 Å². The number of pyridine rings is 3. The average Bonchev–Trinajstić information content (AvgIpc) is 2.87. The van der Waals surface area contributed by atoms with E-state index in [0.717, 1.165) is 41.8 Å². The van der Waals surface area contributed by atoms with Crippen molar-refractivity contribution >= 4 is 59.2 Å². The number of carbonyl (C=O) groups excluding carboxylic acids is 1. The molecule has 37 heavy (non-hydrogen) atoms. The van der Waals surface area contributed by atoms with Crippen molar-refractivity contribution in [3.05, 3.63) is 46.7 Å². The number of amides is 1. The van der Waals surface area contributed by atoms with E-state index in [9.17, 15) is 9.90 Å². The molecule has 0 aromatic carbocycles. The van der Waals surface area contributed by atoms with Crippen LogP contribution >= 0.6 is 36.4 Å². The van der Waals surface area contributed by atoms with Crippen molar-refractivity contribution in [2.45, 2.75) is 31.5 Å².